The largest absolute Gasteiger partial charge is 0.344 e. The van der Waals surface area contributed by atoms with Crippen LogP contribution in [0.5, 0.6) is 0 Å². The van der Waals surface area contributed by atoms with Crippen molar-refractivity contribution >= 4 is 35.0 Å². The first kappa shape index (κ1) is 22.0. The van der Waals surface area contributed by atoms with Crippen molar-refractivity contribution in [2.75, 3.05) is 6.54 Å². The van der Waals surface area contributed by atoms with E-state index in [1.54, 1.807) is 23.1 Å². The number of aryl methyl sites for hydroxylation is 1. The first-order valence-corrected chi connectivity index (χ1v) is 11.9. The molecule has 3 aromatic rings. The maximum Gasteiger partial charge on any atom is 0.272 e. The number of carbonyl (C=O) groups is 2. The van der Waals surface area contributed by atoms with E-state index < -0.39 is 0 Å². The number of nitrogens with zero attached hydrogens (tertiary/aromatic N) is 2. The van der Waals surface area contributed by atoms with Gasteiger partial charge in [-0.3, -0.25) is 14.7 Å². The molecule has 2 amide bonds. The van der Waals surface area contributed by atoms with E-state index in [2.05, 4.69) is 27.6 Å². The molecule has 1 atom stereocenters. The molecule has 0 saturated carbocycles. The summed E-state index contributed by atoms with van der Waals surface area (Å²) < 4.78 is 0. The van der Waals surface area contributed by atoms with Crippen LogP contribution in [0.4, 0.5) is 0 Å². The number of carbonyl (C=O) groups excluding carboxylic acids is 2. The average molecular weight is 483 g/mol. The number of H-pyrrole nitrogens is 1. The lowest BCUT2D eigenvalue weighted by Gasteiger charge is -2.28. The van der Waals surface area contributed by atoms with Crippen molar-refractivity contribution in [1.82, 2.24) is 20.4 Å². The highest BCUT2D eigenvalue weighted by Gasteiger charge is 2.30. The van der Waals surface area contributed by atoms with Crippen LogP contribution < -0.4 is 5.32 Å². The van der Waals surface area contributed by atoms with Crippen molar-refractivity contribution in [2.45, 2.75) is 44.7 Å². The first-order valence-electron chi connectivity index (χ1n) is 11.2. The number of hydrogen-bond donors (Lipinski definition) is 2. The first-order chi connectivity index (χ1) is 16.0. The second-order valence-corrected chi connectivity index (χ2v) is 9.47. The number of amides is 2. The van der Waals surface area contributed by atoms with E-state index in [0.717, 1.165) is 36.1 Å². The highest BCUT2D eigenvalue weighted by molar-refractivity contribution is 6.35. The van der Waals surface area contributed by atoms with Gasteiger partial charge in [0.2, 0.25) is 5.91 Å². The van der Waals surface area contributed by atoms with E-state index in [0.29, 0.717) is 35.2 Å². The maximum atomic E-state index is 13.2. The predicted octanol–water partition coefficient (Wildman–Crippen LogP) is 4.65. The fourth-order valence-electron chi connectivity index (χ4n) is 4.77. The fraction of sp³-hybridized carbons (Fsp3) is 0.320. The molecule has 33 heavy (non-hydrogen) atoms. The molecule has 2 aromatic carbocycles. The minimum atomic E-state index is -0.204. The molecule has 0 spiro atoms. The molecule has 8 heteroatoms. The lowest BCUT2D eigenvalue weighted by molar-refractivity contribution is -0.131. The monoisotopic (exact) mass is 482 g/mol. The average Bonchev–Trinajstić information content (AvgIpc) is 3.24. The SMILES string of the molecule is O=C(N[C@@H]1CCCc2ccccc21)c1n[nH]c2c1CN(C(=O)Cc1ccc(Cl)cc1Cl)CC2. The number of fused-ring (bicyclic) bond motifs is 2. The Hall–Kier alpha value is -2.83. The number of hydrogen-bond acceptors (Lipinski definition) is 3. The topological polar surface area (TPSA) is 78.1 Å². The molecular weight excluding hydrogens is 459 g/mol. The van der Waals surface area contributed by atoms with Crippen LogP contribution in [-0.4, -0.2) is 33.5 Å². The number of halogens is 2. The molecule has 6 nitrogen and oxygen atoms in total. The molecule has 0 radical (unpaired) electrons. The van der Waals surface area contributed by atoms with Gasteiger partial charge >= 0.3 is 0 Å². The quantitative estimate of drug-likeness (QED) is 0.567. The third-order valence-corrected chi connectivity index (χ3v) is 7.12. The number of aromatic amines is 1. The van der Waals surface area contributed by atoms with Gasteiger partial charge in [0, 0.05) is 40.8 Å². The van der Waals surface area contributed by atoms with Crippen molar-refractivity contribution in [3.05, 3.63) is 86.2 Å². The highest BCUT2D eigenvalue weighted by atomic mass is 35.5. The summed E-state index contributed by atoms with van der Waals surface area (Å²) in [5.74, 6) is -0.247. The van der Waals surface area contributed by atoms with Crippen molar-refractivity contribution in [3.8, 4) is 0 Å². The van der Waals surface area contributed by atoms with Gasteiger partial charge in [-0.15, -0.1) is 0 Å². The zero-order valence-corrected chi connectivity index (χ0v) is 19.5. The van der Waals surface area contributed by atoms with E-state index in [1.165, 1.54) is 11.1 Å². The number of nitrogens with one attached hydrogen (secondary N) is 2. The summed E-state index contributed by atoms with van der Waals surface area (Å²) in [6.45, 7) is 0.913. The van der Waals surface area contributed by atoms with Crippen LogP contribution in [0.25, 0.3) is 0 Å². The summed E-state index contributed by atoms with van der Waals surface area (Å²) in [6.07, 6.45) is 3.79. The number of aromatic nitrogens is 2. The Balaban J connectivity index is 1.30. The van der Waals surface area contributed by atoms with E-state index in [9.17, 15) is 9.59 Å². The Morgan fingerprint density at radius 2 is 2.00 bits per heavy atom. The Kier molecular flexibility index (Phi) is 6.13. The lowest BCUT2D eigenvalue weighted by Crippen LogP contribution is -2.38. The molecule has 2 heterocycles. The molecule has 0 unspecified atom stereocenters. The zero-order valence-electron chi connectivity index (χ0n) is 18.0. The second-order valence-electron chi connectivity index (χ2n) is 8.62. The van der Waals surface area contributed by atoms with Crippen LogP contribution in [0.15, 0.2) is 42.5 Å². The Labute approximate surface area is 202 Å². The van der Waals surface area contributed by atoms with Gasteiger partial charge in [0.05, 0.1) is 12.5 Å². The van der Waals surface area contributed by atoms with Crippen LogP contribution in [0.3, 0.4) is 0 Å². The molecule has 1 aromatic heterocycles. The molecule has 0 bridgehead atoms. The summed E-state index contributed by atoms with van der Waals surface area (Å²) >= 11 is 12.2. The Morgan fingerprint density at radius 3 is 2.85 bits per heavy atom. The molecule has 1 aliphatic carbocycles. The van der Waals surface area contributed by atoms with E-state index in [1.807, 2.05) is 12.1 Å². The van der Waals surface area contributed by atoms with Gasteiger partial charge in [-0.05, 0) is 48.1 Å². The minimum Gasteiger partial charge on any atom is -0.344 e. The van der Waals surface area contributed by atoms with Crippen LogP contribution in [0, 0.1) is 0 Å². The van der Waals surface area contributed by atoms with Crippen LogP contribution in [0.1, 0.15) is 57.3 Å². The van der Waals surface area contributed by atoms with Gasteiger partial charge in [-0.25, -0.2) is 0 Å². The third-order valence-electron chi connectivity index (χ3n) is 6.53. The lowest BCUT2D eigenvalue weighted by atomic mass is 9.87. The third kappa shape index (κ3) is 4.50. The summed E-state index contributed by atoms with van der Waals surface area (Å²) in [5.41, 5.74) is 5.28. The van der Waals surface area contributed by atoms with Gasteiger partial charge in [-0.1, -0.05) is 53.5 Å². The molecule has 2 N–H and O–H groups in total. The van der Waals surface area contributed by atoms with Crippen LogP contribution >= 0.6 is 23.2 Å². The predicted molar refractivity (Wildman–Crippen MR) is 127 cm³/mol. The van der Waals surface area contributed by atoms with Crippen molar-refractivity contribution < 1.29 is 9.59 Å². The standard InChI is InChI=1S/C25H24Cl2N4O2/c26-17-9-8-16(20(27)13-17)12-23(32)31-11-10-22-19(14-31)24(30-29-22)25(33)28-21-7-3-5-15-4-1-2-6-18(15)21/h1-2,4,6,8-9,13,21H,3,5,7,10-12,14H2,(H,28,33)(H,29,30)/t21-/m1/s1. The van der Waals surface area contributed by atoms with Gasteiger partial charge in [0.1, 0.15) is 0 Å². The number of rotatable bonds is 4. The zero-order chi connectivity index (χ0) is 22.9. The second kappa shape index (κ2) is 9.20. The molecule has 5 rings (SSSR count). The number of benzene rings is 2. The van der Waals surface area contributed by atoms with Gasteiger partial charge in [0.15, 0.2) is 5.69 Å². The van der Waals surface area contributed by atoms with Crippen molar-refractivity contribution in [1.29, 1.82) is 0 Å². The van der Waals surface area contributed by atoms with Crippen molar-refractivity contribution in [3.63, 3.8) is 0 Å². The summed E-state index contributed by atoms with van der Waals surface area (Å²) in [7, 11) is 0. The minimum absolute atomic E-state index is 0.0248. The Bertz CT molecular complexity index is 1220. The van der Waals surface area contributed by atoms with Crippen LogP contribution in [-0.2, 0) is 30.6 Å². The van der Waals surface area contributed by atoms with Gasteiger partial charge < -0.3 is 10.2 Å². The molecular formula is C25H24Cl2N4O2. The van der Waals surface area contributed by atoms with Crippen LogP contribution in [0.2, 0.25) is 10.0 Å². The molecule has 1 aliphatic heterocycles. The molecule has 2 aliphatic rings. The van der Waals surface area contributed by atoms with Gasteiger partial charge in [0.25, 0.3) is 5.91 Å². The van der Waals surface area contributed by atoms with Gasteiger partial charge in [-0.2, -0.15) is 5.10 Å². The molecule has 0 fully saturated rings. The summed E-state index contributed by atoms with van der Waals surface area (Å²) in [5, 5.41) is 11.5. The molecule has 0 saturated heterocycles. The summed E-state index contributed by atoms with van der Waals surface area (Å²) in [6, 6.07) is 13.4. The molecule has 170 valence electrons. The highest BCUT2D eigenvalue weighted by Crippen LogP contribution is 2.30. The van der Waals surface area contributed by atoms with E-state index in [4.69, 9.17) is 23.2 Å². The smallest absolute Gasteiger partial charge is 0.272 e. The fourth-order valence-corrected chi connectivity index (χ4v) is 5.24. The normalized spacial score (nSPS) is 17.3. The summed E-state index contributed by atoms with van der Waals surface area (Å²) in [4.78, 5) is 27.9. The Morgan fingerprint density at radius 1 is 1.15 bits per heavy atom. The maximum absolute atomic E-state index is 13.2. The van der Waals surface area contributed by atoms with E-state index >= 15 is 0 Å². The van der Waals surface area contributed by atoms with E-state index in [-0.39, 0.29) is 24.3 Å². The van der Waals surface area contributed by atoms with Crippen molar-refractivity contribution in [2.24, 2.45) is 0 Å².